The van der Waals surface area contributed by atoms with Crippen molar-refractivity contribution in [2.45, 2.75) is 77.7 Å². The molecule has 4 aliphatic heterocycles. The molecule has 7 heterocycles. The van der Waals surface area contributed by atoms with E-state index in [4.69, 9.17) is 69.0 Å². The van der Waals surface area contributed by atoms with E-state index in [1.807, 2.05) is 92.0 Å². The van der Waals surface area contributed by atoms with Gasteiger partial charge in [0.25, 0.3) is 0 Å². The van der Waals surface area contributed by atoms with Gasteiger partial charge in [0, 0.05) is 86.5 Å². The molecule has 0 radical (unpaired) electrons. The summed E-state index contributed by atoms with van der Waals surface area (Å²) in [7, 11) is 3.29. The van der Waals surface area contributed by atoms with Gasteiger partial charge in [-0.1, -0.05) is 31.7 Å². The predicted molar refractivity (Wildman–Crippen MR) is 300 cm³/mol. The number of ketones is 1. The number of aldehydes is 1. The number of Topliss-reactive ketones (excluding diaryl/α,β-unsaturated/α-hetero) is 1. The lowest BCUT2D eigenvalue weighted by molar-refractivity contribution is -0.139. The van der Waals surface area contributed by atoms with Gasteiger partial charge in [-0.2, -0.15) is 0 Å². The second kappa shape index (κ2) is 24.4. The second-order valence-electron chi connectivity index (χ2n) is 18.9. The Hall–Kier alpha value is -7.21. The van der Waals surface area contributed by atoms with Gasteiger partial charge in [0.2, 0.25) is 24.7 Å². The van der Waals surface area contributed by atoms with Gasteiger partial charge < -0.3 is 59.3 Å². The number of benzene rings is 5. The molecular weight excluding hydrogens is 1050 g/mol. The zero-order valence-corrected chi connectivity index (χ0v) is 44.7. The average molecular weight is 1110 g/mol. The summed E-state index contributed by atoms with van der Waals surface area (Å²) < 4.78 is 32.5. The fourth-order valence-electron chi connectivity index (χ4n) is 10.3. The van der Waals surface area contributed by atoms with Crippen molar-refractivity contribution in [2.24, 2.45) is 5.73 Å². The summed E-state index contributed by atoms with van der Waals surface area (Å²) in [6.07, 6.45) is 5.17. The SMILES string of the molecule is C.COc1ccc2c(C[C@H](C)N)c[nH]c2c1.COc1ccc2c3c([nH]c2c1)[C@@H](c1ccc2c(c1)OCO2)N(C(=O)CCl)[C@@H](C(C)=O)C3.C[C@H]1Cc2c([nH]c3cc(C=O)ccc23)[C@@H](c2ccc3c(c2)OCO3)N1.O=C(Cl)CCl. The first kappa shape index (κ1) is 56.0. The minimum Gasteiger partial charge on any atom is -0.497 e. The molecule has 19 heteroatoms. The number of H-pyrrole nitrogens is 3. The van der Waals surface area contributed by atoms with Crippen LogP contribution < -0.4 is 39.5 Å². The van der Waals surface area contributed by atoms with Gasteiger partial charge in [0.05, 0.1) is 38.2 Å². The minimum absolute atomic E-state index is 0. The molecule has 16 nitrogen and oxygen atoms in total. The fourth-order valence-corrected chi connectivity index (χ4v) is 10.5. The summed E-state index contributed by atoms with van der Waals surface area (Å²) in [5.74, 6) is 3.75. The van der Waals surface area contributed by atoms with E-state index in [-0.39, 0.29) is 56.5 Å². The molecule has 12 rings (SSSR count). The molecule has 77 heavy (non-hydrogen) atoms. The zero-order chi connectivity index (χ0) is 53.8. The van der Waals surface area contributed by atoms with Gasteiger partial charge in [0.15, 0.2) is 28.8 Å². The number of methoxy groups -OCH3 is 2. The van der Waals surface area contributed by atoms with Crippen molar-refractivity contribution in [1.82, 2.24) is 25.2 Å². The standard InChI is InChI=1S/C23H21ClN2O5.C20H18N2O3.C12H16N2O.C2H2Cl2O.CH4/c1-12(27)18-9-16-15-5-4-14(29-2)8-17(15)25-22(16)23(26(18)21(28)10-24)13-3-6-19-20(7-13)31-11-30-19;1-11-6-15-14-4-2-12(9-23)7-16(14)22-20(15)19(21-11)13-3-5-17-18(8-13)25-10-24-17;1-8(13)5-9-7-14-12-6-10(15-2)3-4-11(9)12;3-1-2(4)5;/h3-8,18,23,25H,9-11H2,1-2H3;2-5,7-9,11,19,21-22H,6,10H2,1H3;3-4,6-8,14H,5,13H2,1-2H3;1H2;1H4/t18-,23-;11-,19+;8-;;/m100../s1. The maximum atomic E-state index is 13.0. The van der Waals surface area contributed by atoms with Gasteiger partial charge >= 0.3 is 0 Å². The highest BCUT2D eigenvalue weighted by molar-refractivity contribution is 6.67. The van der Waals surface area contributed by atoms with E-state index in [9.17, 15) is 19.2 Å². The van der Waals surface area contributed by atoms with Crippen molar-refractivity contribution in [1.29, 1.82) is 0 Å². The van der Waals surface area contributed by atoms with E-state index < -0.39 is 17.3 Å². The third-order valence-electron chi connectivity index (χ3n) is 13.7. The number of nitrogens with one attached hydrogen (secondary N) is 4. The number of ether oxygens (including phenoxy) is 6. The number of rotatable bonds is 10. The molecule has 3 aromatic heterocycles. The number of fused-ring (bicyclic) bond motifs is 9. The highest BCUT2D eigenvalue weighted by Gasteiger charge is 2.42. The third-order valence-corrected chi connectivity index (χ3v) is 14.5. The number of aromatic nitrogens is 3. The summed E-state index contributed by atoms with van der Waals surface area (Å²) in [5.41, 5.74) is 17.1. The van der Waals surface area contributed by atoms with Crippen LogP contribution in [0.4, 0.5) is 0 Å². The lowest BCUT2D eigenvalue weighted by Gasteiger charge is -2.41. The van der Waals surface area contributed by atoms with Gasteiger partial charge in [0.1, 0.15) is 23.7 Å². The Balaban J connectivity index is 0.000000152. The van der Waals surface area contributed by atoms with E-state index >= 15 is 0 Å². The molecule has 0 aliphatic carbocycles. The third kappa shape index (κ3) is 11.9. The van der Waals surface area contributed by atoms with E-state index in [1.165, 1.54) is 28.8 Å². The number of alkyl halides is 2. The quantitative estimate of drug-likeness (QED) is 0.0492. The molecule has 0 fully saturated rings. The summed E-state index contributed by atoms with van der Waals surface area (Å²) in [6, 6.07) is 28.8. The molecule has 8 aromatic rings. The first-order chi connectivity index (χ1) is 36.7. The van der Waals surface area contributed by atoms with Crippen molar-refractivity contribution < 1.29 is 47.6 Å². The van der Waals surface area contributed by atoms with E-state index in [1.54, 1.807) is 19.1 Å². The molecule has 5 aromatic carbocycles. The van der Waals surface area contributed by atoms with Crippen LogP contribution in [0.2, 0.25) is 0 Å². The Labute approximate surface area is 460 Å². The maximum Gasteiger partial charge on any atom is 0.238 e. The van der Waals surface area contributed by atoms with Crippen LogP contribution in [0.25, 0.3) is 32.7 Å². The zero-order valence-electron chi connectivity index (χ0n) is 42.4. The topological polar surface area (TPSA) is 212 Å². The Morgan fingerprint density at radius 1 is 0.740 bits per heavy atom. The maximum absolute atomic E-state index is 13.0. The average Bonchev–Trinajstić information content (AvgIpc) is 4.35. The summed E-state index contributed by atoms with van der Waals surface area (Å²) in [5, 5.41) is 6.59. The summed E-state index contributed by atoms with van der Waals surface area (Å²) >= 11 is 15.5. The lowest BCUT2D eigenvalue weighted by atomic mass is 9.86. The van der Waals surface area contributed by atoms with Gasteiger partial charge in [-0.15, -0.1) is 23.2 Å². The van der Waals surface area contributed by atoms with Crippen LogP contribution in [0.3, 0.4) is 0 Å². The van der Waals surface area contributed by atoms with Crippen LogP contribution in [0.15, 0.2) is 97.2 Å². The van der Waals surface area contributed by atoms with Gasteiger partial charge in [-0.3, -0.25) is 19.2 Å². The summed E-state index contributed by atoms with van der Waals surface area (Å²) in [6.45, 7) is 6.16. The molecular formula is C58H61Cl3N6O10. The number of aromatic amines is 3. The smallest absolute Gasteiger partial charge is 0.238 e. The van der Waals surface area contributed by atoms with E-state index in [2.05, 4.69) is 39.3 Å². The number of amides is 1. The second-order valence-corrected chi connectivity index (χ2v) is 19.8. The minimum atomic E-state index is -0.615. The van der Waals surface area contributed by atoms with E-state index in [0.29, 0.717) is 29.5 Å². The molecule has 0 bridgehead atoms. The molecule has 1 amide bonds. The van der Waals surface area contributed by atoms with Crippen LogP contribution in [-0.4, -0.2) is 101 Å². The highest BCUT2D eigenvalue weighted by Crippen LogP contribution is 2.45. The molecule has 0 saturated heterocycles. The Morgan fingerprint density at radius 3 is 1.90 bits per heavy atom. The number of hydrogen-bond acceptors (Lipinski definition) is 12. The first-order valence-corrected chi connectivity index (χ1v) is 26.0. The number of carbonyl (C=O) groups is 4. The first-order valence-electron chi connectivity index (χ1n) is 24.6. The van der Waals surface area contributed by atoms with Crippen LogP contribution >= 0.6 is 34.8 Å². The lowest BCUT2D eigenvalue weighted by Crippen LogP contribution is -2.51. The molecule has 0 spiro atoms. The van der Waals surface area contributed by atoms with Crippen LogP contribution in [0.5, 0.6) is 34.5 Å². The Bertz CT molecular complexity index is 3460. The predicted octanol–water partition coefficient (Wildman–Crippen LogP) is 10.6. The van der Waals surface area contributed by atoms with Crippen LogP contribution in [0, 0.1) is 0 Å². The number of nitrogens with two attached hydrogens (primary N) is 1. The molecule has 0 unspecified atom stereocenters. The van der Waals surface area contributed by atoms with Crippen LogP contribution in [-0.2, 0) is 33.6 Å². The van der Waals surface area contributed by atoms with E-state index in [0.717, 1.165) is 92.1 Å². The fraction of sp³-hybridized carbons (Fsp3) is 0.310. The Kier molecular flexibility index (Phi) is 17.8. The highest BCUT2D eigenvalue weighted by atomic mass is 35.5. The van der Waals surface area contributed by atoms with Crippen LogP contribution in [0.1, 0.15) is 89.8 Å². The van der Waals surface area contributed by atoms with Gasteiger partial charge in [-0.05, 0) is 128 Å². The van der Waals surface area contributed by atoms with Crippen molar-refractivity contribution in [3.63, 3.8) is 0 Å². The number of halogens is 3. The molecule has 404 valence electrons. The van der Waals surface area contributed by atoms with Crippen molar-refractivity contribution >= 4 is 90.7 Å². The normalized spacial score (nSPS) is 17.8. The molecule has 6 N–H and O–H groups in total. The molecule has 4 aliphatic rings. The molecule has 0 saturated carbocycles. The van der Waals surface area contributed by atoms with Crippen molar-refractivity contribution in [3.8, 4) is 34.5 Å². The summed E-state index contributed by atoms with van der Waals surface area (Å²) in [4.78, 5) is 58.0. The van der Waals surface area contributed by atoms with Crippen molar-refractivity contribution in [2.75, 3.05) is 39.6 Å². The monoisotopic (exact) mass is 1110 g/mol. The number of nitrogens with zero attached hydrogens (tertiary/aromatic N) is 1. The Morgan fingerprint density at radius 2 is 1.30 bits per heavy atom. The van der Waals surface area contributed by atoms with Crippen molar-refractivity contribution in [3.05, 3.63) is 142 Å². The molecule has 5 atom stereocenters. The largest absolute Gasteiger partial charge is 0.497 e. The number of carbonyl (C=O) groups excluding carboxylic acids is 4. The van der Waals surface area contributed by atoms with Gasteiger partial charge in [-0.25, -0.2) is 0 Å². The number of hydrogen-bond donors (Lipinski definition) is 5.